The topological polar surface area (TPSA) is 55.1 Å². The Morgan fingerprint density at radius 2 is 2.05 bits per heavy atom. The molecule has 2 aromatic rings. The van der Waals surface area contributed by atoms with Crippen molar-refractivity contribution in [3.05, 3.63) is 58.1 Å². The van der Waals surface area contributed by atoms with Crippen molar-refractivity contribution in [2.45, 2.75) is 18.4 Å². The first-order valence-electron chi connectivity index (χ1n) is 6.55. The number of primary amides is 1. The van der Waals surface area contributed by atoms with Gasteiger partial charge in [0.15, 0.2) is 0 Å². The number of para-hydroxylation sites is 1. The van der Waals surface area contributed by atoms with Crippen molar-refractivity contribution >= 4 is 39.3 Å². The van der Waals surface area contributed by atoms with Crippen LogP contribution in [0.1, 0.15) is 11.1 Å². The number of nitrogens with two attached hydrogens (primary N) is 1. The summed E-state index contributed by atoms with van der Waals surface area (Å²) in [5.74, 6) is -0.0245. The number of amides is 1. The van der Waals surface area contributed by atoms with Crippen LogP contribution in [0, 0.1) is 6.92 Å². The van der Waals surface area contributed by atoms with Crippen LogP contribution < -0.4 is 11.1 Å². The third-order valence-electron chi connectivity index (χ3n) is 2.93. The molecule has 0 aliphatic carbocycles. The molecule has 3 nitrogen and oxygen atoms in total. The first-order valence-corrected chi connectivity index (χ1v) is 8.33. The standard InChI is InChI=1S/C16H17BrN2OS/c1-11-6-7-12(13(17)8-11)9-19-14-4-2-3-5-15(14)21-10-16(18)20/h2-8,19H,9-10H2,1H3,(H2,18,20). The van der Waals surface area contributed by atoms with E-state index in [0.717, 1.165) is 21.6 Å². The first-order chi connectivity index (χ1) is 10.1. The maximum atomic E-state index is 10.9. The van der Waals surface area contributed by atoms with Crippen molar-refractivity contribution in [1.82, 2.24) is 0 Å². The van der Waals surface area contributed by atoms with Crippen molar-refractivity contribution in [3.8, 4) is 0 Å². The number of halogens is 1. The van der Waals surface area contributed by atoms with Crippen molar-refractivity contribution in [2.24, 2.45) is 5.73 Å². The van der Waals surface area contributed by atoms with E-state index < -0.39 is 0 Å². The molecule has 0 spiro atoms. The number of hydrogen-bond acceptors (Lipinski definition) is 3. The molecule has 0 saturated heterocycles. The number of carbonyl (C=O) groups is 1. The number of anilines is 1. The molecule has 0 aliphatic rings. The van der Waals surface area contributed by atoms with E-state index in [9.17, 15) is 4.79 Å². The van der Waals surface area contributed by atoms with Crippen LogP contribution in [0.2, 0.25) is 0 Å². The predicted octanol–water partition coefficient (Wildman–Crippen LogP) is 3.95. The van der Waals surface area contributed by atoms with E-state index in [0.29, 0.717) is 0 Å². The van der Waals surface area contributed by atoms with E-state index >= 15 is 0 Å². The summed E-state index contributed by atoms with van der Waals surface area (Å²) >= 11 is 5.03. The lowest BCUT2D eigenvalue weighted by atomic mass is 10.1. The third-order valence-corrected chi connectivity index (χ3v) is 4.77. The summed E-state index contributed by atoms with van der Waals surface area (Å²) in [7, 11) is 0. The summed E-state index contributed by atoms with van der Waals surface area (Å²) in [5.41, 5.74) is 8.63. The van der Waals surface area contributed by atoms with Gasteiger partial charge >= 0.3 is 0 Å². The van der Waals surface area contributed by atoms with E-state index in [1.54, 1.807) is 0 Å². The maximum Gasteiger partial charge on any atom is 0.227 e. The van der Waals surface area contributed by atoms with Gasteiger partial charge in [-0.2, -0.15) is 0 Å². The van der Waals surface area contributed by atoms with Gasteiger partial charge in [-0.25, -0.2) is 0 Å². The second-order valence-corrected chi connectivity index (χ2v) is 6.57. The molecule has 0 aliphatic heterocycles. The average molecular weight is 365 g/mol. The third kappa shape index (κ3) is 4.79. The number of hydrogen-bond donors (Lipinski definition) is 2. The number of rotatable bonds is 6. The Bertz CT molecular complexity index is 646. The molecule has 0 radical (unpaired) electrons. The summed E-state index contributed by atoms with van der Waals surface area (Å²) in [4.78, 5) is 11.9. The molecule has 110 valence electrons. The first kappa shape index (κ1) is 15.9. The van der Waals surface area contributed by atoms with Crippen molar-refractivity contribution in [2.75, 3.05) is 11.1 Å². The van der Waals surface area contributed by atoms with Crippen LogP contribution in [0.25, 0.3) is 0 Å². The van der Waals surface area contributed by atoms with E-state index in [-0.39, 0.29) is 11.7 Å². The molecule has 0 atom stereocenters. The average Bonchev–Trinajstić information content (AvgIpc) is 2.45. The van der Waals surface area contributed by atoms with Crippen LogP contribution in [0.3, 0.4) is 0 Å². The monoisotopic (exact) mass is 364 g/mol. The fraction of sp³-hybridized carbons (Fsp3) is 0.188. The summed E-state index contributed by atoms with van der Waals surface area (Å²) in [6.07, 6.45) is 0. The van der Waals surface area contributed by atoms with E-state index in [1.165, 1.54) is 22.9 Å². The number of aryl methyl sites for hydroxylation is 1. The minimum absolute atomic E-state index is 0.285. The molecular formula is C16H17BrN2OS. The van der Waals surface area contributed by atoms with Gasteiger partial charge in [-0.3, -0.25) is 4.79 Å². The van der Waals surface area contributed by atoms with Gasteiger partial charge in [-0.1, -0.05) is 40.2 Å². The minimum atomic E-state index is -0.309. The van der Waals surface area contributed by atoms with Crippen LogP contribution in [0.5, 0.6) is 0 Å². The molecule has 2 aromatic carbocycles. The van der Waals surface area contributed by atoms with Gasteiger partial charge in [0, 0.05) is 21.6 Å². The van der Waals surface area contributed by atoms with Crippen LogP contribution >= 0.6 is 27.7 Å². The number of benzene rings is 2. The van der Waals surface area contributed by atoms with Gasteiger partial charge in [0.05, 0.1) is 5.75 Å². The lowest BCUT2D eigenvalue weighted by Gasteiger charge is -2.12. The van der Waals surface area contributed by atoms with Crippen molar-refractivity contribution < 1.29 is 4.79 Å². The fourth-order valence-corrected chi connectivity index (χ4v) is 3.28. The van der Waals surface area contributed by atoms with Gasteiger partial charge in [0.25, 0.3) is 0 Å². The zero-order chi connectivity index (χ0) is 15.2. The Hall–Kier alpha value is -1.46. The lowest BCUT2D eigenvalue weighted by molar-refractivity contribution is -0.115. The highest BCUT2D eigenvalue weighted by Crippen LogP contribution is 2.28. The molecule has 5 heteroatoms. The van der Waals surface area contributed by atoms with Gasteiger partial charge in [-0.05, 0) is 36.2 Å². The van der Waals surface area contributed by atoms with Crippen molar-refractivity contribution in [3.63, 3.8) is 0 Å². The van der Waals surface area contributed by atoms with Gasteiger partial charge < -0.3 is 11.1 Å². The molecule has 21 heavy (non-hydrogen) atoms. The predicted molar refractivity (Wildman–Crippen MR) is 92.6 cm³/mol. The Balaban J connectivity index is 2.07. The Labute approximate surface area is 137 Å². The molecule has 1 amide bonds. The number of thioether (sulfide) groups is 1. The van der Waals surface area contributed by atoms with Crippen LogP contribution in [0.15, 0.2) is 51.8 Å². The zero-order valence-corrected chi connectivity index (χ0v) is 14.1. The maximum absolute atomic E-state index is 10.9. The quantitative estimate of drug-likeness (QED) is 0.763. The van der Waals surface area contributed by atoms with E-state index in [1.807, 2.05) is 24.3 Å². The fourth-order valence-electron chi connectivity index (χ4n) is 1.87. The second-order valence-electron chi connectivity index (χ2n) is 4.70. The SMILES string of the molecule is Cc1ccc(CNc2ccccc2SCC(N)=O)c(Br)c1. The summed E-state index contributed by atoms with van der Waals surface area (Å²) in [6.45, 7) is 2.78. The Kier molecular flexibility index (Phi) is 5.70. The second kappa shape index (κ2) is 7.52. The Morgan fingerprint density at radius 3 is 2.76 bits per heavy atom. The highest BCUT2D eigenvalue weighted by Gasteiger charge is 2.05. The van der Waals surface area contributed by atoms with Gasteiger partial charge in [0.2, 0.25) is 5.91 Å². The number of carbonyl (C=O) groups excluding carboxylic acids is 1. The molecule has 0 fully saturated rings. The van der Waals surface area contributed by atoms with Crippen LogP contribution in [-0.4, -0.2) is 11.7 Å². The normalized spacial score (nSPS) is 10.4. The highest BCUT2D eigenvalue weighted by molar-refractivity contribution is 9.10. The number of nitrogens with one attached hydrogen (secondary N) is 1. The molecule has 2 rings (SSSR count). The van der Waals surface area contributed by atoms with Gasteiger partial charge in [-0.15, -0.1) is 11.8 Å². The molecule has 0 aromatic heterocycles. The largest absolute Gasteiger partial charge is 0.380 e. The minimum Gasteiger partial charge on any atom is -0.380 e. The zero-order valence-electron chi connectivity index (χ0n) is 11.7. The molecule has 0 unspecified atom stereocenters. The van der Waals surface area contributed by atoms with Crippen LogP contribution in [0.4, 0.5) is 5.69 Å². The smallest absolute Gasteiger partial charge is 0.227 e. The lowest BCUT2D eigenvalue weighted by Crippen LogP contribution is -2.13. The Morgan fingerprint density at radius 1 is 1.29 bits per heavy atom. The molecule has 0 heterocycles. The van der Waals surface area contributed by atoms with Gasteiger partial charge in [0.1, 0.15) is 0 Å². The highest BCUT2D eigenvalue weighted by atomic mass is 79.9. The van der Waals surface area contributed by atoms with E-state index in [4.69, 9.17) is 5.73 Å². The molecule has 3 N–H and O–H groups in total. The van der Waals surface area contributed by atoms with E-state index in [2.05, 4.69) is 46.4 Å². The summed E-state index contributed by atoms with van der Waals surface area (Å²) < 4.78 is 1.09. The summed E-state index contributed by atoms with van der Waals surface area (Å²) in [6, 6.07) is 14.2. The summed E-state index contributed by atoms with van der Waals surface area (Å²) in [5, 5.41) is 3.41. The van der Waals surface area contributed by atoms with Crippen LogP contribution in [-0.2, 0) is 11.3 Å². The molecular weight excluding hydrogens is 348 g/mol. The molecule has 0 saturated carbocycles. The molecule has 0 bridgehead atoms. The van der Waals surface area contributed by atoms with Crippen molar-refractivity contribution in [1.29, 1.82) is 0 Å².